The van der Waals surface area contributed by atoms with Gasteiger partial charge >= 0.3 is 5.97 Å². The molecule has 0 aromatic carbocycles. The molecule has 34 heavy (non-hydrogen) atoms. The SMILES string of the molecule is COC(=O)[C@@]1(C)CC[C@]2(C)CC[C@]3(C)C4=CC=C5C(=CC(=O)C(=O)C5C)[C@]4(C)CC[C@@]3(C)[C@@H]2C1. The zero-order valence-electron chi connectivity index (χ0n) is 22.0. The summed E-state index contributed by atoms with van der Waals surface area (Å²) < 4.78 is 5.26. The molecule has 1 unspecified atom stereocenters. The second-order valence-corrected chi connectivity index (χ2v) is 13.3. The molecule has 5 rings (SSSR count). The summed E-state index contributed by atoms with van der Waals surface area (Å²) in [4.78, 5) is 37.8. The minimum atomic E-state index is -0.428. The van der Waals surface area contributed by atoms with Gasteiger partial charge in [0.25, 0.3) is 0 Å². The first-order valence-electron chi connectivity index (χ1n) is 13.1. The lowest BCUT2D eigenvalue weighted by atomic mass is 9.34. The largest absolute Gasteiger partial charge is 0.469 e. The first-order valence-corrected chi connectivity index (χ1v) is 13.1. The molecule has 0 N–H and O–H groups in total. The molecule has 0 radical (unpaired) electrons. The van der Waals surface area contributed by atoms with Crippen molar-refractivity contribution in [3.05, 3.63) is 34.9 Å². The number of hydrogen-bond donors (Lipinski definition) is 0. The lowest BCUT2D eigenvalue weighted by molar-refractivity contribution is -0.180. The molecule has 184 valence electrons. The summed E-state index contributed by atoms with van der Waals surface area (Å²) in [5, 5.41) is 0. The first kappa shape index (κ1) is 23.8. The van der Waals surface area contributed by atoms with Gasteiger partial charge in [-0.3, -0.25) is 14.4 Å². The Balaban J connectivity index is 1.62. The van der Waals surface area contributed by atoms with Crippen LogP contribution in [0.15, 0.2) is 34.9 Å². The van der Waals surface area contributed by atoms with E-state index >= 15 is 0 Å². The molecular weight excluding hydrogens is 424 g/mol. The van der Waals surface area contributed by atoms with Crippen molar-refractivity contribution in [2.24, 2.45) is 38.9 Å². The second kappa shape index (κ2) is 7.04. The van der Waals surface area contributed by atoms with E-state index in [9.17, 15) is 14.4 Å². The maximum atomic E-state index is 12.8. The van der Waals surface area contributed by atoms with Crippen molar-refractivity contribution in [2.75, 3.05) is 7.11 Å². The first-order chi connectivity index (χ1) is 15.8. The molecule has 0 aromatic heterocycles. The number of fused-ring (bicyclic) bond motifs is 7. The number of Topliss-reactive ketones (excluding diaryl/α,β-unsaturated/α-hetero) is 1. The number of allylic oxidation sites excluding steroid dienone is 6. The predicted molar refractivity (Wildman–Crippen MR) is 132 cm³/mol. The quantitative estimate of drug-likeness (QED) is 0.344. The summed E-state index contributed by atoms with van der Waals surface area (Å²) in [6.45, 7) is 13.6. The minimum Gasteiger partial charge on any atom is -0.469 e. The van der Waals surface area contributed by atoms with E-state index in [0.29, 0.717) is 5.92 Å². The Kier molecular flexibility index (Phi) is 4.92. The van der Waals surface area contributed by atoms with Gasteiger partial charge < -0.3 is 4.74 Å². The maximum Gasteiger partial charge on any atom is 0.311 e. The predicted octanol–water partition coefficient (Wildman–Crippen LogP) is 6.16. The van der Waals surface area contributed by atoms with E-state index in [1.165, 1.54) is 12.7 Å². The van der Waals surface area contributed by atoms with E-state index < -0.39 is 5.41 Å². The summed E-state index contributed by atoms with van der Waals surface area (Å²) in [5.41, 5.74) is 3.11. The Morgan fingerprint density at radius 2 is 1.62 bits per heavy atom. The molecule has 0 aliphatic heterocycles. The highest BCUT2D eigenvalue weighted by Gasteiger charge is 2.67. The van der Waals surface area contributed by atoms with Crippen LogP contribution in [-0.4, -0.2) is 24.6 Å². The van der Waals surface area contributed by atoms with Gasteiger partial charge in [0.05, 0.1) is 12.5 Å². The zero-order chi connectivity index (χ0) is 24.9. The number of hydrogen-bond acceptors (Lipinski definition) is 4. The molecule has 5 aliphatic carbocycles. The molecule has 0 amide bonds. The molecule has 0 aromatic rings. The summed E-state index contributed by atoms with van der Waals surface area (Å²) in [6.07, 6.45) is 13.2. The van der Waals surface area contributed by atoms with Crippen molar-refractivity contribution in [1.82, 2.24) is 0 Å². The average Bonchev–Trinajstić information content (AvgIpc) is 2.80. The maximum absolute atomic E-state index is 12.8. The van der Waals surface area contributed by atoms with Crippen molar-refractivity contribution >= 4 is 17.5 Å². The van der Waals surface area contributed by atoms with Crippen LogP contribution < -0.4 is 0 Å². The van der Waals surface area contributed by atoms with Gasteiger partial charge in [-0.15, -0.1) is 0 Å². The number of rotatable bonds is 1. The van der Waals surface area contributed by atoms with E-state index in [0.717, 1.165) is 56.1 Å². The number of methoxy groups -OCH3 is 1. The van der Waals surface area contributed by atoms with Crippen LogP contribution in [0.1, 0.15) is 86.5 Å². The summed E-state index contributed by atoms with van der Waals surface area (Å²) in [7, 11) is 1.52. The Morgan fingerprint density at radius 3 is 2.29 bits per heavy atom. The highest BCUT2D eigenvalue weighted by molar-refractivity contribution is 6.44. The Hall–Kier alpha value is -1.97. The smallest absolute Gasteiger partial charge is 0.311 e. The van der Waals surface area contributed by atoms with Crippen molar-refractivity contribution in [2.45, 2.75) is 86.5 Å². The Bertz CT molecular complexity index is 1090. The summed E-state index contributed by atoms with van der Waals surface area (Å²) >= 11 is 0. The molecule has 0 heterocycles. The molecule has 7 atom stereocenters. The number of carbonyl (C=O) groups excluding carboxylic acids is 3. The fourth-order valence-electron chi connectivity index (χ4n) is 9.02. The standard InChI is InChI=1S/C30H40O4/c1-18-19-8-9-22-28(4,20(19)16-21(31)24(18)32)13-15-30(6)23-17-27(3,25(33)34-7)11-10-26(23,2)12-14-29(22,30)5/h8-9,16,18,23H,10-15,17H2,1-7H3/t18?,23-,26-,27+,28+,29-,30+/m1/s1. The van der Waals surface area contributed by atoms with Crippen molar-refractivity contribution in [3.63, 3.8) is 0 Å². The normalized spacial score (nSPS) is 47.8. The lowest BCUT2D eigenvalue weighted by Crippen LogP contribution is -2.62. The zero-order valence-corrected chi connectivity index (χ0v) is 22.0. The molecule has 0 spiro atoms. The summed E-state index contributed by atoms with van der Waals surface area (Å²) in [5.74, 6) is -0.648. The molecule has 0 saturated heterocycles. The number of ether oxygens (including phenoxy) is 1. The van der Waals surface area contributed by atoms with Gasteiger partial charge in [0.1, 0.15) is 0 Å². The Morgan fingerprint density at radius 1 is 0.941 bits per heavy atom. The van der Waals surface area contributed by atoms with Gasteiger partial charge in [-0.05, 0) is 91.3 Å². The highest BCUT2D eigenvalue weighted by atomic mass is 16.5. The van der Waals surface area contributed by atoms with E-state index in [-0.39, 0.29) is 45.1 Å². The van der Waals surface area contributed by atoms with Gasteiger partial charge in [0.15, 0.2) is 0 Å². The molecular formula is C30H40O4. The third kappa shape index (κ3) is 2.74. The van der Waals surface area contributed by atoms with Crippen LogP contribution in [0.2, 0.25) is 0 Å². The number of ketones is 2. The number of carbonyl (C=O) groups is 3. The topological polar surface area (TPSA) is 60.4 Å². The summed E-state index contributed by atoms with van der Waals surface area (Å²) in [6, 6.07) is 0. The van der Waals surface area contributed by atoms with Crippen LogP contribution in [0.4, 0.5) is 0 Å². The average molecular weight is 465 g/mol. The van der Waals surface area contributed by atoms with E-state index in [4.69, 9.17) is 4.74 Å². The van der Waals surface area contributed by atoms with Crippen LogP contribution in [0.25, 0.3) is 0 Å². The van der Waals surface area contributed by atoms with Crippen molar-refractivity contribution in [3.8, 4) is 0 Å². The highest BCUT2D eigenvalue weighted by Crippen LogP contribution is 2.75. The molecule has 3 saturated carbocycles. The molecule has 3 fully saturated rings. The monoisotopic (exact) mass is 464 g/mol. The molecule has 0 bridgehead atoms. The fourth-order valence-corrected chi connectivity index (χ4v) is 9.02. The number of esters is 1. The van der Waals surface area contributed by atoms with Crippen molar-refractivity contribution in [1.29, 1.82) is 0 Å². The van der Waals surface area contributed by atoms with Gasteiger partial charge in [-0.2, -0.15) is 0 Å². The van der Waals surface area contributed by atoms with Crippen LogP contribution >= 0.6 is 0 Å². The van der Waals surface area contributed by atoms with Crippen LogP contribution in [0.5, 0.6) is 0 Å². The van der Waals surface area contributed by atoms with E-state index in [1.54, 1.807) is 6.08 Å². The second-order valence-electron chi connectivity index (χ2n) is 13.3. The minimum absolute atomic E-state index is 0.0326. The van der Waals surface area contributed by atoms with E-state index in [1.807, 2.05) is 6.92 Å². The molecule has 4 nitrogen and oxygen atoms in total. The lowest BCUT2D eigenvalue weighted by Gasteiger charge is -2.70. The third-order valence-corrected chi connectivity index (χ3v) is 11.7. The van der Waals surface area contributed by atoms with Crippen LogP contribution in [0.3, 0.4) is 0 Å². The molecule has 4 heteroatoms. The van der Waals surface area contributed by atoms with Crippen LogP contribution in [0, 0.1) is 38.9 Å². The molecule has 5 aliphatic rings. The van der Waals surface area contributed by atoms with Crippen LogP contribution in [-0.2, 0) is 19.1 Å². The van der Waals surface area contributed by atoms with Gasteiger partial charge in [-0.1, -0.05) is 52.3 Å². The Labute approximate surface area is 204 Å². The fraction of sp³-hybridized carbons (Fsp3) is 0.700. The van der Waals surface area contributed by atoms with Gasteiger partial charge in [0, 0.05) is 11.3 Å². The third-order valence-electron chi connectivity index (χ3n) is 11.7. The van der Waals surface area contributed by atoms with Gasteiger partial charge in [0.2, 0.25) is 11.6 Å². The van der Waals surface area contributed by atoms with Gasteiger partial charge in [-0.25, -0.2) is 0 Å². The van der Waals surface area contributed by atoms with E-state index in [2.05, 4.69) is 46.8 Å². The van der Waals surface area contributed by atoms with Crippen molar-refractivity contribution < 1.29 is 19.1 Å².